The molecule has 9 nitrogen and oxygen atoms in total. The van der Waals surface area contributed by atoms with Gasteiger partial charge < -0.3 is 15.2 Å². The minimum atomic E-state index is -3.65. The smallest absolute Gasteiger partial charge is 0.344 e. The Morgan fingerprint density at radius 1 is 1.36 bits per heavy atom. The van der Waals surface area contributed by atoms with Crippen molar-refractivity contribution in [1.29, 1.82) is 0 Å². The molecule has 0 aromatic heterocycles. The van der Waals surface area contributed by atoms with Crippen molar-refractivity contribution < 1.29 is 31.7 Å². The number of ether oxygens (including phenoxy) is 2. The average molecular weight is 416 g/mol. The Kier molecular flexibility index (Phi) is 7.05. The second-order valence-corrected chi connectivity index (χ2v) is 8.11. The number of rotatable bonds is 6. The van der Waals surface area contributed by atoms with Crippen molar-refractivity contribution in [3.8, 4) is 5.75 Å². The summed E-state index contributed by atoms with van der Waals surface area (Å²) in [5, 5.41) is 1.33. The van der Waals surface area contributed by atoms with Gasteiger partial charge in [0.1, 0.15) is 18.5 Å². The fraction of sp³-hybridized carbons (Fsp3) is 0.611. The van der Waals surface area contributed by atoms with Gasteiger partial charge in [-0.2, -0.15) is 13.5 Å². The van der Waals surface area contributed by atoms with Gasteiger partial charge in [-0.3, -0.25) is 9.02 Å². The van der Waals surface area contributed by atoms with Gasteiger partial charge in [0, 0.05) is 5.56 Å². The molecule has 2 fully saturated rings. The van der Waals surface area contributed by atoms with Crippen LogP contribution in [-0.2, 0) is 35.2 Å². The minimum absolute atomic E-state index is 0.0363. The maximum absolute atomic E-state index is 12.3. The molecule has 2 heterocycles. The lowest BCUT2D eigenvalue weighted by Crippen LogP contribution is -2.58. The molecule has 0 spiro atoms. The first-order chi connectivity index (χ1) is 13.2. The van der Waals surface area contributed by atoms with E-state index in [9.17, 15) is 13.2 Å². The van der Waals surface area contributed by atoms with Crippen molar-refractivity contribution in [2.24, 2.45) is 11.7 Å². The maximum Gasteiger partial charge on any atom is 0.344 e. The zero-order chi connectivity index (χ0) is 21.1. The van der Waals surface area contributed by atoms with Crippen LogP contribution in [0.4, 0.5) is 0 Å². The number of hydrogen-bond donors (Lipinski definition) is 1. The van der Waals surface area contributed by atoms with Crippen LogP contribution in [0.5, 0.6) is 5.75 Å². The number of carbonyl (C=O) groups is 1. The van der Waals surface area contributed by atoms with E-state index in [1.807, 2.05) is 39.0 Å². The highest BCUT2D eigenvalue weighted by molar-refractivity contribution is 7.85. The molecule has 2 N–H and O–H groups in total. The van der Waals surface area contributed by atoms with Crippen LogP contribution in [0, 0.1) is 12.8 Å². The summed E-state index contributed by atoms with van der Waals surface area (Å²) >= 11 is 0. The summed E-state index contributed by atoms with van der Waals surface area (Å²) in [5.74, 6) is -0.498. The molecule has 0 bridgehead atoms. The van der Waals surface area contributed by atoms with Gasteiger partial charge in [-0.25, -0.2) is 4.79 Å². The number of aryl methyl sites for hydroxylation is 1. The predicted molar refractivity (Wildman–Crippen MR) is 102 cm³/mol. The largest absolute Gasteiger partial charge is 0.496 e. The van der Waals surface area contributed by atoms with Crippen molar-refractivity contribution in [3.05, 3.63) is 29.3 Å². The molecule has 28 heavy (non-hydrogen) atoms. The van der Waals surface area contributed by atoms with E-state index in [4.69, 9.17) is 24.2 Å². The highest BCUT2D eigenvalue weighted by Gasteiger charge is 2.63. The quantitative estimate of drug-likeness (QED) is 0.534. The van der Waals surface area contributed by atoms with Crippen molar-refractivity contribution in [2.45, 2.75) is 39.1 Å². The summed E-state index contributed by atoms with van der Waals surface area (Å²) in [6.45, 7) is 5.86. The van der Waals surface area contributed by atoms with Gasteiger partial charge >= 0.3 is 5.97 Å². The Bertz CT molecular complexity index is 814. The molecular weight excluding hydrogens is 388 g/mol. The van der Waals surface area contributed by atoms with Gasteiger partial charge in [0.05, 0.1) is 32.4 Å². The molecule has 2 saturated heterocycles. The van der Waals surface area contributed by atoms with E-state index in [0.717, 1.165) is 17.4 Å². The van der Waals surface area contributed by atoms with Gasteiger partial charge in [-0.15, -0.1) is 0 Å². The van der Waals surface area contributed by atoms with E-state index >= 15 is 0 Å². The molecule has 3 atom stereocenters. The topological polar surface area (TPSA) is 117 Å². The lowest BCUT2D eigenvalue weighted by Gasteiger charge is -2.28. The molecule has 1 aromatic rings. The first kappa shape index (κ1) is 22.6. The first-order valence-electron chi connectivity index (χ1n) is 9.04. The number of nitrogens with two attached hydrogens (primary N) is 1. The third-order valence-electron chi connectivity index (χ3n) is 4.67. The molecule has 158 valence electrons. The number of hydrogen-bond acceptors (Lipinski definition) is 9. The van der Waals surface area contributed by atoms with E-state index < -0.39 is 33.8 Å². The number of carbonyl (C=O) groups excluding carboxylic acids is 1. The van der Waals surface area contributed by atoms with Crippen LogP contribution in [0.3, 0.4) is 0 Å². The maximum atomic E-state index is 12.3. The minimum Gasteiger partial charge on any atom is -0.496 e. The highest BCUT2D eigenvalue weighted by Crippen LogP contribution is 2.41. The Hall–Kier alpha value is -1.72. The monoisotopic (exact) mass is 416 g/mol. The molecule has 0 radical (unpaired) electrons. The standard InChI is InChI=1S/C16H22N2O7S.C2H6/c1-10-5-4-6-11(14(10)22-2)7-18-16(17)12(8-23-15(16)19)13(25-18)9-24-26(3,20)21;1-2/h4-6,12-13H,7-9,17H2,1-3H3;1-2H3/t12-,13?,16+;/m1./s1. The normalized spacial score (nSPS) is 27.0. The van der Waals surface area contributed by atoms with E-state index in [0.29, 0.717) is 5.75 Å². The lowest BCUT2D eigenvalue weighted by molar-refractivity contribution is -0.209. The van der Waals surface area contributed by atoms with Crippen LogP contribution in [0.2, 0.25) is 0 Å². The van der Waals surface area contributed by atoms with Crippen LogP contribution in [-0.4, -0.2) is 57.8 Å². The van der Waals surface area contributed by atoms with Gasteiger partial charge in [0.15, 0.2) is 0 Å². The van der Waals surface area contributed by atoms with E-state index in [-0.39, 0.29) is 19.8 Å². The molecule has 0 saturated carbocycles. The molecule has 1 aromatic carbocycles. The van der Waals surface area contributed by atoms with Gasteiger partial charge in [-0.05, 0) is 12.5 Å². The zero-order valence-electron chi connectivity index (χ0n) is 16.8. The van der Waals surface area contributed by atoms with Gasteiger partial charge in [0.2, 0.25) is 5.66 Å². The number of methoxy groups -OCH3 is 1. The third-order valence-corrected chi connectivity index (χ3v) is 5.23. The fourth-order valence-electron chi connectivity index (χ4n) is 3.35. The third kappa shape index (κ3) is 4.31. The highest BCUT2D eigenvalue weighted by atomic mass is 32.2. The second kappa shape index (κ2) is 8.75. The number of para-hydroxylation sites is 1. The SMILES string of the molecule is CC.COc1c(C)cccc1CN1OC(COS(C)(=O)=O)[C@H]2COC(=O)[C@]21N. The van der Waals surface area contributed by atoms with Crippen molar-refractivity contribution in [3.63, 3.8) is 0 Å². The molecule has 1 unspecified atom stereocenters. The van der Waals surface area contributed by atoms with Crippen molar-refractivity contribution >= 4 is 16.1 Å². The van der Waals surface area contributed by atoms with Gasteiger partial charge in [-0.1, -0.05) is 32.0 Å². The summed E-state index contributed by atoms with van der Waals surface area (Å²) in [6.07, 6.45) is 0.223. The van der Waals surface area contributed by atoms with E-state index in [2.05, 4.69) is 0 Å². The van der Waals surface area contributed by atoms with Crippen molar-refractivity contribution in [1.82, 2.24) is 5.06 Å². The van der Waals surface area contributed by atoms with E-state index in [1.54, 1.807) is 7.11 Å². The molecule has 10 heteroatoms. The summed E-state index contributed by atoms with van der Waals surface area (Å²) in [4.78, 5) is 18.1. The molecule has 3 rings (SSSR count). The molecular formula is C18H28N2O7S. The molecule has 2 aliphatic heterocycles. The number of nitrogens with zero attached hydrogens (tertiary/aromatic N) is 1. The first-order valence-corrected chi connectivity index (χ1v) is 10.9. The Labute approximate surface area is 165 Å². The summed E-state index contributed by atoms with van der Waals surface area (Å²) < 4.78 is 37.9. The van der Waals surface area contributed by atoms with Crippen molar-refractivity contribution in [2.75, 3.05) is 26.6 Å². The fourth-order valence-corrected chi connectivity index (χ4v) is 3.73. The van der Waals surface area contributed by atoms with Crippen LogP contribution in [0.1, 0.15) is 25.0 Å². The Morgan fingerprint density at radius 3 is 2.64 bits per heavy atom. The average Bonchev–Trinajstić information content (AvgIpc) is 3.09. The number of benzene rings is 1. The Morgan fingerprint density at radius 2 is 2.04 bits per heavy atom. The van der Waals surface area contributed by atoms with E-state index in [1.165, 1.54) is 5.06 Å². The molecule has 0 amide bonds. The number of cyclic esters (lactones) is 1. The van der Waals surface area contributed by atoms with Gasteiger partial charge in [0.25, 0.3) is 10.1 Å². The predicted octanol–water partition coefficient (Wildman–Crippen LogP) is 0.950. The number of hydroxylamine groups is 2. The lowest BCUT2D eigenvalue weighted by atomic mass is 9.92. The summed E-state index contributed by atoms with van der Waals surface area (Å²) in [7, 11) is -2.09. The summed E-state index contributed by atoms with van der Waals surface area (Å²) in [6, 6.07) is 5.61. The molecule has 2 aliphatic rings. The van der Waals surface area contributed by atoms with Crippen LogP contribution >= 0.6 is 0 Å². The van der Waals surface area contributed by atoms with Crippen LogP contribution < -0.4 is 10.5 Å². The zero-order valence-corrected chi connectivity index (χ0v) is 17.6. The number of fused-ring (bicyclic) bond motifs is 1. The number of esters is 1. The second-order valence-electron chi connectivity index (χ2n) is 6.47. The Balaban J connectivity index is 0.00000136. The molecule has 0 aliphatic carbocycles. The summed E-state index contributed by atoms with van der Waals surface area (Å²) in [5.41, 5.74) is 6.53. The van der Waals surface area contributed by atoms with Crippen LogP contribution in [0.15, 0.2) is 18.2 Å². The van der Waals surface area contributed by atoms with Crippen LogP contribution in [0.25, 0.3) is 0 Å².